The maximum atomic E-state index is 5.88. The van der Waals surface area contributed by atoms with Gasteiger partial charge in [0, 0.05) is 31.1 Å². The van der Waals surface area contributed by atoms with Crippen LogP contribution in [0.25, 0.3) is 0 Å². The number of nitrogens with zero attached hydrogens (tertiary/aromatic N) is 3. The number of halogens is 2. The summed E-state index contributed by atoms with van der Waals surface area (Å²) in [5.41, 5.74) is 1.22. The van der Waals surface area contributed by atoms with Gasteiger partial charge in [-0.2, -0.15) is 4.98 Å². The maximum Gasteiger partial charge on any atom is 0.227 e. The molecule has 1 aliphatic rings. The molecule has 1 fully saturated rings. The Morgan fingerprint density at radius 1 is 1.32 bits per heavy atom. The zero-order chi connectivity index (χ0) is 14.7. The molecule has 120 valence electrons. The maximum absolute atomic E-state index is 5.88. The molecule has 0 bridgehead atoms. The van der Waals surface area contributed by atoms with Gasteiger partial charge in [-0.3, -0.25) is 4.90 Å². The summed E-state index contributed by atoms with van der Waals surface area (Å²) < 4.78 is 5.37. The van der Waals surface area contributed by atoms with E-state index in [1.807, 2.05) is 24.3 Å². The summed E-state index contributed by atoms with van der Waals surface area (Å²) in [6.45, 7) is 2.88. The van der Waals surface area contributed by atoms with Crippen LogP contribution in [0.4, 0.5) is 0 Å². The van der Waals surface area contributed by atoms with Crippen molar-refractivity contribution in [2.75, 3.05) is 26.7 Å². The molecule has 2 heterocycles. The van der Waals surface area contributed by atoms with Crippen molar-refractivity contribution in [2.45, 2.75) is 18.9 Å². The molecular weight excluding hydrogens is 323 g/mol. The Kier molecular flexibility index (Phi) is 6.20. The molecule has 1 saturated heterocycles. The zero-order valence-electron chi connectivity index (χ0n) is 12.5. The van der Waals surface area contributed by atoms with Gasteiger partial charge in [0.2, 0.25) is 5.89 Å². The van der Waals surface area contributed by atoms with Gasteiger partial charge in [-0.25, -0.2) is 0 Å². The van der Waals surface area contributed by atoms with Crippen LogP contribution in [-0.2, 0) is 12.8 Å². The van der Waals surface area contributed by atoms with E-state index in [-0.39, 0.29) is 18.4 Å². The van der Waals surface area contributed by atoms with E-state index in [4.69, 9.17) is 16.1 Å². The van der Waals surface area contributed by atoms with Crippen LogP contribution in [0.3, 0.4) is 0 Å². The Hall–Kier alpha value is -1.14. The topological polar surface area (TPSA) is 54.2 Å². The normalized spacial score (nSPS) is 18.9. The highest BCUT2D eigenvalue weighted by Crippen LogP contribution is 2.18. The molecule has 1 aromatic carbocycles. The first-order valence-corrected chi connectivity index (χ1v) is 7.58. The number of benzene rings is 1. The average Bonchev–Trinajstić information content (AvgIpc) is 2.96. The third-order valence-electron chi connectivity index (χ3n) is 3.83. The largest absolute Gasteiger partial charge is 0.339 e. The standard InChI is InChI=1S/C15H19ClN4O.ClH/c1-20-9-8-17-10-13(20)15-18-14(21-19-15)7-4-11-2-5-12(16)6-3-11;/h2-3,5-6,13,17H,4,7-10H2,1H3;1H. The third kappa shape index (κ3) is 4.20. The lowest BCUT2D eigenvalue weighted by Gasteiger charge is -2.30. The molecule has 0 radical (unpaired) electrons. The smallest absolute Gasteiger partial charge is 0.227 e. The molecule has 1 aliphatic heterocycles. The van der Waals surface area contributed by atoms with Gasteiger partial charge in [0.15, 0.2) is 5.82 Å². The lowest BCUT2D eigenvalue weighted by atomic mass is 10.1. The third-order valence-corrected chi connectivity index (χ3v) is 4.09. The van der Waals surface area contributed by atoms with Crippen molar-refractivity contribution in [3.8, 4) is 0 Å². The van der Waals surface area contributed by atoms with Crippen LogP contribution in [0.5, 0.6) is 0 Å². The second-order valence-electron chi connectivity index (χ2n) is 5.37. The van der Waals surface area contributed by atoms with E-state index in [9.17, 15) is 0 Å². The first kappa shape index (κ1) is 17.2. The van der Waals surface area contributed by atoms with Crippen molar-refractivity contribution in [1.82, 2.24) is 20.4 Å². The average molecular weight is 343 g/mol. The van der Waals surface area contributed by atoms with Gasteiger partial charge in [-0.05, 0) is 31.2 Å². The van der Waals surface area contributed by atoms with E-state index in [1.165, 1.54) is 5.56 Å². The summed E-state index contributed by atoms with van der Waals surface area (Å²) in [5, 5.41) is 8.24. The zero-order valence-corrected chi connectivity index (χ0v) is 14.0. The molecule has 5 nitrogen and oxygen atoms in total. The van der Waals surface area contributed by atoms with Gasteiger partial charge in [-0.1, -0.05) is 28.9 Å². The Labute approximate surface area is 141 Å². The van der Waals surface area contributed by atoms with Crippen LogP contribution in [0.15, 0.2) is 28.8 Å². The Morgan fingerprint density at radius 2 is 2.09 bits per heavy atom. The second kappa shape index (κ2) is 7.92. The van der Waals surface area contributed by atoms with Crippen LogP contribution >= 0.6 is 24.0 Å². The first-order chi connectivity index (χ1) is 10.2. The van der Waals surface area contributed by atoms with Crippen molar-refractivity contribution < 1.29 is 4.52 Å². The van der Waals surface area contributed by atoms with Crippen molar-refractivity contribution >= 4 is 24.0 Å². The molecule has 1 atom stereocenters. The van der Waals surface area contributed by atoms with E-state index in [1.54, 1.807) is 0 Å². The van der Waals surface area contributed by atoms with Crippen LogP contribution in [0.1, 0.15) is 23.3 Å². The fourth-order valence-corrected chi connectivity index (χ4v) is 2.63. The summed E-state index contributed by atoms with van der Waals surface area (Å²) >= 11 is 5.88. The van der Waals surface area contributed by atoms with E-state index in [0.717, 1.165) is 43.3 Å². The summed E-state index contributed by atoms with van der Waals surface area (Å²) in [6, 6.07) is 8.06. The van der Waals surface area contributed by atoms with Crippen LogP contribution in [0, 0.1) is 0 Å². The Bertz CT molecular complexity index is 587. The highest BCUT2D eigenvalue weighted by atomic mass is 35.5. The summed E-state index contributed by atoms with van der Waals surface area (Å²) in [4.78, 5) is 6.79. The first-order valence-electron chi connectivity index (χ1n) is 7.20. The van der Waals surface area contributed by atoms with Crippen molar-refractivity contribution in [3.63, 3.8) is 0 Å². The monoisotopic (exact) mass is 342 g/mol. The predicted octanol–water partition coefficient (Wildman–Crippen LogP) is 2.51. The minimum atomic E-state index is 0. The molecule has 2 aromatic rings. The van der Waals surface area contributed by atoms with Gasteiger partial charge in [-0.15, -0.1) is 12.4 Å². The van der Waals surface area contributed by atoms with Gasteiger partial charge >= 0.3 is 0 Å². The molecule has 0 aliphatic carbocycles. The van der Waals surface area contributed by atoms with Crippen molar-refractivity contribution in [2.24, 2.45) is 0 Å². The summed E-state index contributed by atoms with van der Waals surface area (Å²) in [5.74, 6) is 1.47. The van der Waals surface area contributed by atoms with Gasteiger partial charge in [0.1, 0.15) is 0 Å². The van der Waals surface area contributed by atoms with Crippen LogP contribution in [0.2, 0.25) is 5.02 Å². The fraction of sp³-hybridized carbons (Fsp3) is 0.467. The molecule has 0 amide bonds. The quantitative estimate of drug-likeness (QED) is 0.925. The minimum absolute atomic E-state index is 0. The van der Waals surface area contributed by atoms with Crippen molar-refractivity contribution in [1.29, 1.82) is 0 Å². The molecule has 7 heteroatoms. The molecule has 22 heavy (non-hydrogen) atoms. The fourth-order valence-electron chi connectivity index (χ4n) is 2.50. The molecule has 3 rings (SSSR count). The van der Waals surface area contributed by atoms with Crippen LogP contribution in [-0.4, -0.2) is 41.7 Å². The second-order valence-corrected chi connectivity index (χ2v) is 5.81. The number of aryl methyl sites for hydroxylation is 2. The lowest BCUT2D eigenvalue weighted by molar-refractivity contribution is 0.190. The Morgan fingerprint density at radius 3 is 2.82 bits per heavy atom. The van der Waals surface area contributed by atoms with Crippen LogP contribution < -0.4 is 5.32 Å². The highest BCUT2D eigenvalue weighted by Gasteiger charge is 2.25. The number of aromatic nitrogens is 2. The SMILES string of the molecule is CN1CCNCC1c1noc(CCc2ccc(Cl)cc2)n1.Cl. The number of piperazine rings is 1. The molecular formula is C15H20Cl2N4O. The predicted molar refractivity (Wildman–Crippen MR) is 88.6 cm³/mol. The number of hydrogen-bond donors (Lipinski definition) is 1. The highest BCUT2D eigenvalue weighted by molar-refractivity contribution is 6.30. The number of likely N-dealkylation sites (N-methyl/N-ethyl adjacent to an activating group) is 1. The lowest BCUT2D eigenvalue weighted by Crippen LogP contribution is -2.44. The number of nitrogens with one attached hydrogen (secondary N) is 1. The molecule has 1 N–H and O–H groups in total. The van der Waals surface area contributed by atoms with E-state index in [0.29, 0.717) is 5.89 Å². The van der Waals surface area contributed by atoms with E-state index >= 15 is 0 Å². The van der Waals surface area contributed by atoms with Crippen molar-refractivity contribution in [3.05, 3.63) is 46.6 Å². The van der Waals surface area contributed by atoms with Gasteiger partial charge < -0.3 is 9.84 Å². The molecule has 0 spiro atoms. The number of hydrogen-bond acceptors (Lipinski definition) is 5. The van der Waals surface area contributed by atoms with Gasteiger partial charge in [0.05, 0.1) is 6.04 Å². The summed E-state index contributed by atoms with van der Waals surface area (Å²) in [6.07, 6.45) is 1.62. The minimum Gasteiger partial charge on any atom is -0.339 e. The van der Waals surface area contributed by atoms with Gasteiger partial charge in [0.25, 0.3) is 0 Å². The van der Waals surface area contributed by atoms with E-state index < -0.39 is 0 Å². The van der Waals surface area contributed by atoms with E-state index in [2.05, 4.69) is 27.4 Å². The molecule has 1 unspecified atom stereocenters. The Balaban J connectivity index is 0.00000176. The molecule has 0 saturated carbocycles. The molecule has 1 aromatic heterocycles. The number of rotatable bonds is 4. The summed E-state index contributed by atoms with van der Waals surface area (Å²) in [7, 11) is 2.09.